The molecule has 7 heteroatoms. The lowest BCUT2D eigenvalue weighted by molar-refractivity contribution is 0.549. The fourth-order valence-electron chi connectivity index (χ4n) is 2.39. The van der Waals surface area contributed by atoms with Crippen molar-refractivity contribution in [1.82, 2.24) is 10.6 Å². The van der Waals surface area contributed by atoms with Crippen LogP contribution in [-0.4, -0.2) is 33.7 Å². The van der Waals surface area contributed by atoms with Gasteiger partial charge in [-0.05, 0) is 48.9 Å². The van der Waals surface area contributed by atoms with Crippen molar-refractivity contribution >= 4 is 15.8 Å². The Kier molecular flexibility index (Phi) is 8.89. The quantitative estimate of drug-likeness (QED) is 0.398. The van der Waals surface area contributed by atoms with Gasteiger partial charge < -0.3 is 10.6 Å². The van der Waals surface area contributed by atoms with E-state index in [9.17, 15) is 12.8 Å². The van der Waals surface area contributed by atoms with Crippen molar-refractivity contribution in [3.63, 3.8) is 0 Å². The Morgan fingerprint density at radius 1 is 1.24 bits per heavy atom. The second kappa shape index (κ2) is 10.4. The van der Waals surface area contributed by atoms with Crippen LogP contribution in [0.2, 0.25) is 0 Å². The molecule has 0 unspecified atom stereocenters. The highest BCUT2D eigenvalue weighted by Gasteiger charge is 2.10. The van der Waals surface area contributed by atoms with E-state index in [-0.39, 0.29) is 12.3 Å². The molecule has 2 N–H and O–H groups in total. The maximum absolute atomic E-state index is 13.5. The molecule has 1 aromatic rings. The summed E-state index contributed by atoms with van der Waals surface area (Å²) in [6.07, 6.45) is 3.35. The van der Waals surface area contributed by atoms with Gasteiger partial charge in [0.15, 0.2) is 15.8 Å². The zero-order valence-electron chi connectivity index (χ0n) is 15.6. The first kappa shape index (κ1) is 21.4. The van der Waals surface area contributed by atoms with Crippen molar-refractivity contribution in [2.45, 2.75) is 45.9 Å². The minimum atomic E-state index is -3.19. The van der Waals surface area contributed by atoms with Crippen molar-refractivity contribution in [1.29, 1.82) is 0 Å². The summed E-state index contributed by atoms with van der Waals surface area (Å²) in [5.74, 6) is 0.807. The molecule has 0 saturated carbocycles. The summed E-state index contributed by atoms with van der Waals surface area (Å²) in [5.41, 5.74) is 1.17. The van der Waals surface area contributed by atoms with Crippen molar-refractivity contribution in [2.24, 2.45) is 10.9 Å². The fraction of sp³-hybridized carbons (Fsp3) is 0.611. The van der Waals surface area contributed by atoms with Crippen molar-refractivity contribution in [3.05, 3.63) is 35.1 Å². The minimum Gasteiger partial charge on any atom is -0.357 e. The van der Waals surface area contributed by atoms with Crippen LogP contribution in [-0.2, 0) is 22.1 Å². The number of hydrogen-bond donors (Lipinski definition) is 2. The van der Waals surface area contributed by atoms with Crippen LogP contribution in [0.25, 0.3) is 0 Å². The molecule has 25 heavy (non-hydrogen) atoms. The number of guanidine groups is 1. The molecule has 0 radical (unpaired) electrons. The third-order valence-electron chi connectivity index (χ3n) is 3.59. The van der Waals surface area contributed by atoms with Gasteiger partial charge in [-0.1, -0.05) is 19.9 Å². The molecule has 0 heterocycles. The lowest BCUT2D eigenvalue weighted by Crippen LogP contribution is -2.37. The van der Waals surface area contributed by atoms with E-state index < -0.39 is 15.7 Å². The number of hydrogen-bond acceptors (Lipinski definition) is 3. The molecule has 0 fully saturated rings. The molecular weight excluding hydrogens is 341 g/mol. The molecule has 0 amide bonds. The SMILES string of the molecule is CCNC(=NCc1cc(F)ccc1CS(C)(=O)=O)NCCCC(C)C. The molecule has 0 bridgehead atoms. The first-order chi connectivity index (χ1) is 11.7. The first-order valence-corrected chi connectivity index (χ1v) is 10.7. The van der Waals surface area contributed by atoms with E-state index in [1.54, 1.807) is 0 Å². The van der Waals surface area contributed by atoms with Gasteiger partial charge >= 0.3 is 0 Å². The Morgan fingerprint density at radius 2 is 1.96 bits per heavy atom. The van der Waals surface area contributed by atoms with Crippen LogP contribution < -0.4 is 10.6 Å². The maximum Gasteiger partial charge on any atom is 0.191 e. The van der Waals surface area contributed by atoms with Crippen LogP contribution in [0.15, 0.2) is 23.2 Å². The standard InChI is InChI=1S/C18H30FN3O2S/c1-5-20-18(21-10-6-7-14(2)3)22-12-16-11-17(19)9-8-15(16)13-25(4,23)24/h8-9,11,14H,5-7,10,12-13H2,1-4H3,(H2,20,21,22). The highest BCUT2D eigenvalue weighted by atomic mass is 32.2. The van der Waals surface area contributed by atoms with Crippen molar-refractivity contribution < 1.29 is 12.8 Å². The minimum absolute atomic E-state index is 0.115. The Balaban J connectivity index is 2.82. The molecular formula is C18H30FN3O2S. The van der Waals surface area contributed by atoms with Gasteiger partial charge in [-0.15, -0.1) is 0 Å². The molecule has 1 rings (SSSR count). The third-order valence-corrected chi connectivity index (χ3v) is 4.42. The van der Waals surface area contributed by atoms with Crippen LogP contribution in [0.5, 0.6) is 0 Å². The van der Waals surface area contributed by atoms with E-state index in [1.807, 2.05) is 6.92 Å². The van der Waals surface area contributed by atoms with Crippen molar-refractivity contribution in [3.8, 4) is 0 Å². The van der Waals surface area contributed by atoms with Crippen LogP contribution >= 0.6 is 0 Å². The Bertz CT molecular complexity index is 673. The molecule has 0 aliphatic carbocycles. The summed E-state index contributed by atoms with van der Waals surface area (Å²) in [7, 11) is -3.19. The summed E-state index contributed by atoms with van der Waals surface area (Å²) in [6, 6.07) is 4.15. The number of benzene rings is 1. The largest absolute Gasteiger partial charge is 0.357 e. The van der Waals surface area contributed by atoms with E-state index in [4.69, 9.17) is 0 Å². The fourth-order valence-corrected chi connectivity index (χ4v) is 3.23. The molecule has 1 aromatic carbocycles. The lowest BCUT2D eigenvalue weighted by atomic mass is 10.1. The number of rotatable bonds is 9. The van der Waals surface area contributed by atoms with Crippen LogP contribution in [0.4, 0.5) is 4.39 Å². The van der Waals surface area contributed by atoms with E-state index in [0.717, 1.165) is 25.9 Å². The molecule has 0 spiro atoms. The van der Waals surface area contributed by atoms with E-state index >= 15 is 0 Å². The number of aliphatic imine (C=N–C) groups is 1. The molecule has 0 atom stereocenters. The van der Waals surface area contributed by atoms with Gasteiger partial charge in [0.1, 0.15) is 5.82 Å². The number of nitrogens with one attached hydrogen (secondary N) is 2. The third kappa shape index (κ3) is 9.43. The average molecular weight is 372 g/mol. The summed E-state index contributed by atoms with van der Waals surface area (Å²) in [5, 5.41) is 6.41. The predicted octanol–water partition coefficient (Wildman–Crippen LogP) is 2.86. The predicted molar refractivity (Wildman–Crippen MR) is 102 cm³/mol. The van der Waals surface area contributed by atoms with Crippen LogP contribution in [0, 0.1) is 11.7 Å². The van der Waals surface area contributed by atoms with Gasteiger partial charge in [0, 0.05) is 19.3 Å². The molecule has 0 aliphatic rings. The number of sulfone groups is 1. The molecule has 0 saturated heterocycles. The summed E-state index contributed by atoms with van der Waals surface area (Å²) in [4.78, 5) is 4.47. The summed E-state index contributed by atoms with van der Waals surface area (Å²) < 4.78 is 36.7. The van der Waals surface area contributed by atoms with Crippen molar-refractivity contribution in [2.75, 3.05) is 19.3 Å². The Morgan fingerprint density at radius 3 is 2.56 bits per heavy atom. The van der Waals surface area contributed by atoms with Crippen LogP contribution in [0.1, 0.15) is 44.7 Å². The molecule has 142 valence electrons. The van der Waals surface area contributed by atoms with E-state index in [0.29, 0.717) is 23.0 Å². The smallest absolute Gasteiger partial charge is 0.191 e. The molecule has 0 aromatic heterocycles. The zero-order valence-corrected chi connectivity index (χ0v) is 16.4. The van der Waals surface area contributed by atoms with Gasteiger partial charge in [0.05, 0.1) is 12.3 Å². The van der Waals surface area contributed by atoms with Gasteiger partial charge in [-0.2, -0.15) is 0 Å². The average Bonchev–Trinajstić information content (AvgIpc) is 2.49. The second-order valence-electron chi connectivity index (χ2n) is 6.64. The van der Waals surface area contributed by atoms with Gasteiger partial charge in [-0.3, -0.25) is 0 Å². The highest BCUT2D eigenvalue weighted by molar-refractivity contribution is 7.89. The number of halogens is 1. The molecule has 5 nitrogen and oxygen atoms in total. The monoisotopic (exact) mass is 371 g/mol. The maximum atomic E-state index is 13.5. The topological polar surface area (TPSA) is 70.6 Å². The van der Waals surface area contributed by atoms with E-state index in [1.165, 1.54) is 24.5 Å². The first-order valence-electron chi connectivity index (χ1n) is 8.68. The van der Waals surface area contributed by atoms with E-state index in [2.05, 4.69) is 29.5 Å². The second-order valence-corrected chi connectivity index (χ2v) is 8.78. The van der Waals surface area contributed by atoms with Gasteiger partial charge in [0.25, 0.3) is 0 Å². The van der Waals surface area contributed by atoms with Gasteiger partial charge in [-0.25, -0.2) is 17.8 Å². The number of nitrogens with zero attached hydrogens (tertiary/aromatic N) is 1. The molecule has 0 aliphatic heterocycles. The lowest BCUT2D eigenvalue weighted by Gasteiger charge is -2.13. The van der Waals surface area contributed by atoms with Crippen LogP contribution in [0.3, 0.4) is 0 Å². The Hall–Kier alpha value is -1.63. The summed E-state index contributed by atoms with van der Waals surface area (Å²) >= 11 is 0. The highest BCUT2D eigenvalue weighted by Crippen LogP contribution is 2.15. The summed E-state index contributed by atoms with van der Waals surface area (Å²) in [6.45, 7) is 8.10. The zero-order chi connectivity index (χ0) is 18.9. The Labute approximate surface area is 151 Å². The van der Waals surface area contributed by atoms with Gasteiger partial charge in [0.2, 0.25) is 0 Å². The normalized spacial score (nSPS) is 12.5.